The number of thiophene rings is 1. The maximum Gasteiger partial charge on any atom is 0.340 e. The zero-order valence-electron chi connectivity index (χ0n) is 16.3. The van der Waals surface area contributed by atoms with E-state index in [-0.39, 0.29) is 5.69 Å². The second-order valence-corrected chi connectivity index (χ2v) is 8.46. The Morgan fingerprint density at radius 3 is 2.97 bits per heavy atom. The van der Waals surface area contributed by atoms with Gasteiger partial charge in [-0.2, -0.15) is 15.3 Å². The van der Waals surface area contributed by atoms with Crippen molar-refractivity contribution in [1.82, 2.24) is 25.1 Å². The summed E-state index contributed by atoms with van der Waals surface area (Å²) in [5, 5.41) is 21.6. The topological polar surface area (TPSA) is 144 Å². The lowest BCUT2D eigenvalue weighted by atomic mass is 10.2. The highest BCUT2D eigenvalue weighted by Crippen LogP contribution is 2.37. The van der Waals surface area contributed by atoms with Gasteiger partial charge in [0.15, 0.2) is 0 Å². The molecule has 0 unspecified atom stereocenters. The quantitative estimate of drug-likeness (QED) is 0.270. The Kier molecular flexibility index (Phi) is 6.15. The number of hydrogen-bond donors (Lipinski definition) is 4. The molecular weight excluding hydrogens is 484 g/mol. The Labute approximate surface area is 188 Å². The molecule has 31 heavy (non-hydrogen) atoms. The normalized spacial score (nSPS) is 10.7. The minimum absolute atomic E-state index is 0.303. The number of ether oxygens (including phenoxy) is 1. The lowest BCUT2D eigenvalue weighted by Gasteiger charge is -2.10. The highest BCUT2D eigenvalue weighted by Gasteiger charge is 2.15. The fourth-order valence-corrected chi connectivity index (χ4v) is 4.42. The lowest BCUT2D eigenvalue weighted by Crippen LogP contribution is -2.14. The first-order valence-electron chi connectivity index (χ1n) is 9.24. The number of fused-ring (bicyclic) bond motifs is 1. The van der Waals surface area contributed by atoms with Crippen molar-refractivity contribution in [3.8, 4) is 11.8 Å². The molecule has 0 aliphatic rings. The first kappa shape index (κ1) is 20.8. The molecule has 0 fully saturated rings. The Morgan fingerprint density at radius 2 is 2.19 bits per heavy atom. The van der Waals surface area contributed by atoms with Crippen LogP contribution in [0, 0.1) is 18.3 Å². The van der Waals surface area contributed by atoms with Gasteiger partial charge in [0.1, 0.15) is 29.5 Å². The zero-order valence-corrected chi connectivity index (χ0v) is 18.7. The summed E-state index contributed by atoms with van der Waals surface area (Å²) >= 11 is 5.16. The van der Waals surface area contributed by atoms with Crippen LogP contribution in [-0.4, -0.2) is 38.3 Å². The summed E-state index contributed by atoms with van der Waals surface area (Å²) in [5.74, 6) is 2.19. The van der Waals surface area contributed by atoms with Crippen LogP contribution in [0.25, 0.3) is 10.2 Å². The summed E-state index contributed by atoms with van der Waals surface area (Å²) in [6, 6.07) is 9.08. The maximum atomic E-state index is 11.2. The summed E-state index contributed by atoms with van der Waals surface area (Å²) in [6.07, 6.45) is 0. The van der Waals surface area contributed by atoms with Crippen molar-refractivity contribution >= 4 is 49.2 Å². The van der Waals surface area contributed by atoms with E-state index in [1.54, 1.807) is 35.6 Å². The molecule has 3 aromatic heterocycles. The highest BCUT2D eigenvalue weighted by molar-refractivity contribution is 9.10. The largest absolute Gasteiger partial charge is 0.492 e. The van der Waals surface area contributed by atoms with Gasteiger partial charge in [-0.05, 0) is 41.1 Å². The second kappa shape index (κ2) is 9.15. The molecule has 0 radical (unpaired) electrons. The molecular formula is C19H17BrN8O2S. The summed E-state index contributed by atoms with van der Waals surface area (Å²) < 4.78 is 7.50. The summed E-state index contributed by atoms with van der Waals surface area (Å²) in [5.41, 5.74) is 0.980. The van der Waals surface area contributed by atoms with Crippen LogP contribution in [0.3, 0.4) is 0 Å². The first-order chi connectivity index (χ1) is 15.0. The number of nitriles is 1. The van der Waals surface area contributed by atoms with Crippen LogP contribution in [0.15, 0.2) is 33.5 Å². The average molecular weight is 501 g/mol. The number of aryl methyl sites for hydroxylation is 1. The number of rotatable bonds is 8. The molecule has 0 bridgehead atoms. The predicted octanol–water partition coefficient (Wildman–Crippen LogP) is 3.15. The van der Waals surface area contributed by atoms with Gasteiger partial charge in [0, 0.05) is 4.88 Å². The molecule has 4 N–H and O–H groups in total. The third-order valence-corrected chi connectivity index (χ3v) is 6.56. The fourth-order valence-electron chi connectivity index (χ4n) is 2.80. The monoisotopic (exact) mass is 500 g/mol. The van der Waals surface area contributed by atoms with Gasteiger partial charge in [-0.15, -0.1) is 11.3 Å². The van der Waals surface area contributed by atoms with Crippen LogP contribution in [0.1, 0.15) is 16.3 Å². The molecule has 0 amide bonds. The number of H-pyrrole nitrogens is 2. The van der Waals surface area contributed by atoms with Crippen molar-refractivity contribution in [3.05, 3.63) is 55.5 Å². The Hall–Kier alpha value is -3.43. The van der Waals surface area contributed by atoms with Crippen molar-refractivity contribution in [2.24, 2.45) is 0 Å². The molecule has 158 valence electrons. The standard InChI is InChI=1S/C19H17BrN8O2S/c1-10-14(20)15-16(31-10)17(23-9-13-24-19(29)28-27-13)26-18(25-15)22-5-6-30-12-4-2-3-11(7-12)8-21/h2-4,7H,5-6,9H2,1H3,(H2,22,23,25,26)(H2,24,27,28,29). The number of hydrogen-bond acceptors (Lipinski definition) is 9. The van der Waals surface area contributed by atoms with Crippen molar-refractivity contribution < 1.29 is 4.74 Å². The Bertz CT molecular complexity index is 1320. The molecule has 0 aliphatic heterocycles. The fraction of sp³-hybridized carbons (Fsp3) is 0.211. The third kappa shape index (κ3) is 4.84. The third-order valence-electron chi connectivity index (χ3n) is 4.23. The predicted molar refractivity (Wildman–Crippen MR) is 122 cm³/mol. The van der Waals surface area contributed by atoms with Crippen molar-refractivity contribution in [2.45, 2.75) is 13.5 Å². The number of nitrogens with one attached hydrogen (secondary N) is 4. The van der Waals surface area contributed by atoms with E-state index in [0.717, 1.165) is 19.6 Å². The van der Waals surface area contributed by atoms with Gasteiger partial charge >= 0.3 is 5.69 Å². The van der Waals surface area contributed by atoms with E-state index >= 15 is 0 Å². The van der Waals surface area contributed by atoms with Crippen molar-refractivity contribution in [2.75, 3.05) is 23.8 Å². The summed E-state index contributed by atoms with van der Waals surface area (Å²) in [6.45, 7) is 3.14. The van der Waals surface area contributed by atoms with E-state index in [1.807, 2.05) is 6.92 Å². The summed E-state index contributed by atoms with van der Waals surface area (Å²) in [4.78, 5) is 24.1. The van der Waals surface area contributed by atoms with Crippen LogP contribution < -0.4 is 21.1 Å². The molecule has 12 heteroatoms. The highest BCUT2D eigenvalue weighted by atomic mass is 79.9. The minimum atomic E-state index is -0.359. The lowest BCUT2D eigenvalue weighted by molar-refractivity contribution is 0.332. The number of aromatic amines is 2. The Morgan fingerprint density at radius 1 is 1.32 bits per heavy atom. The van der Waals surface area contributed by atoms with Crippen LogP contribution >= 0.6 is 27.3 Å². The van der Waals surface area contributed by atoms with Gasteiger partial charge in [-0.25, -0.2) is 14.9 Å². The van der Waals surface area contributed by atoms with E-state index < -0.39 is 0 Å². The number of nitrogens with zero attached hydrogens (tertiary/aromatic N) is 4. The molecule has 0 atom stereocenters. The molecule has 0 saturated carbocycles. The van der Waals surface area contributed by atoms with Crippen LogP contribution in [0.4, 0.5) is 11.8 Å². The van der Waals surface area contributed by atoms with Crippen LogP contribution in [-0.2, 0) is 6.54 Å². The van der Waals surface area contributed by atoms with Crippen LogP contribution in [0.5, 0.6) is 5.75 Å². The maximum absolute atomic E-state index is 11.2. The molecule has 0 spiro atoms. The summed E-state index contributed by atoms with van der Waals surface area (Å²) in [7, 11) is 0. The van der Waals surface area contributed by atoms with E-state index in [1.165, 1.54) is 0 Å². The van der Waals surface area contributed by atoms with Crippen LogP contribution in [0.2, 0.25) is 0 Å². The SMILES string of the molecule is Cc1sc2c(NCc3n[nH]c(=O)[nH]3)nc(NCCOc3cccc(C#N)c3)nc2c1Br. The molecule has 0 saturated heterocycles. The van der Waals surface area contributed by atoms with Gasteiger partial charge in [0.05, 0.1) is 33.9 Å². The second-order valence-electron chi connectivity index (χ2n) is 6.44. The molecule has 0 aliphatic carbocycles. The molecule has 4 rings (SSSR count). The van der Waals surface area contributed by atoms with E-state index in [2.05, 4.69) is 57.8 Å². The van der Waals surface area contributed by atoms with Gasteiger partial charge in [0.2, 0.25) is 5.95 Å². The Balaban J connectivity index is 1.47. The van der Waals surface area contributed by atoms with Gasteiger partial charge in [-0.1, -0.05) is 6.07 Å². The number of anilines is 2. The van der Waals surface area contributed by atoms with Gasteiger partial charge < -0.3 is 15.4 Å². The minimum Gasteiger partial charge on any atom is -0.492 e. The zero-order chi connectivity index (χ0) is 21.8. The van der Waals surface area contributed by atoms with Gasteiger partial charge in [-0.3, -0.25) is 4.98 Å². The average Bonchev–Trinajstić information content (AvgIpc) is 3.32. The number of halogens is 1. The molecule has 10 nitrogen and oxygen atoms in total. The number of benzene rings is 1. The van der Waals surface area contributed by atoms with Crippen molar-refractivity contribution in [1.29, 1.82) is 5.26 Å². The van der Waals surface area contributed by atoms with Gasteiger partial charge in [0.25, 0.3) is 0 Å². The van der Waals surface area contributed by atoms with E-state index in [9.17, 15) is 4.79 Å². The van der Waals surface area contributed by atoms with E-state index in [0.29, 0.717) is 48.6 Å². The van der Waals surface area contributed by atoms with Crippen molar-refractivity contribution in [3.63, 3.8) is 0 Å². The van der Waals surface area contributed by atoms with E-state index in [4.69, 9.17) is 10.00 Å². The molecule has 4 aromatic rings. The molecule has 3 heterocycles. The smallest absolute Gasteiger partial charge is 0.340 e. The number of aromatic nitrogens is 5. The molecule has 1 aromatic carbocycles. The first-order valence-corrected chi connectivity index (χ1v) is 10.9.